The monoisotopic (exact) mass is 244 g/mol. The summed E-state index contributed by atoms with van der Waals surface area (Å²) in [6.45, 7) is 4.13. The van der Waals surface area contributed by atoms with E-state index in [2.05, 4.69) is 31.0 Å². The van der Waals surface area contributed by atoms with E-state index < -0.39 is 6.10 Å². The molecule has 1 atom stereocenters. The van der Waals surface area contributed by atoms with Crippen LogP contribution in [0.4, 0.5) is 0 Å². The first-order valence-corrected chi connectivity index (χ1v) is 6.21. The van der Waals surface area contributed by atoms with Crippen molar-refractivity contribution >= 4 is 0 Å². The minimum absolute atomic E-state index is 0.285. The summed E-state index contributed by atoms with van der Waals surface area (Å²) < 4.78 is 1.95. The van der Waals surface area contributed by atoms with E-state index in [1.807, 2.05) is 36.0 Å². The molecule has 3 nitrogen and oxygen atoms in total. The van der Waals surface area contributed by atoms with Gasteiger partial charge in [0, 0.05) is 31.3 Å². The normalized spacial score (nSPS) is 13.6. The number of hydrogen-bond acceptors (Lipinski definition) is 2. The Kier molecular flexibility index (Phi) is 3.53. The quantitative estimate of drug-likeness (QED) is 0.896. The maximum atomic E-state index is 10.5. The Morgan fingerprint density at radius 3 is 2.50 bits per heavy atom. The van der Waals surface area contributed by atoms with E-state index >= 15 is 0 Å². The Morgan fingerprint density at radius 2 is 1.94 bits per heavy atom. The maximum absolute atomic E-state index is 10.5. The summed E-state index contributed by atoms with van der Waals surface area (Å²) in [5.41, 5.74) is 0.861. The van der Waals surface area contributed by atoms with Gasteiger partial charge in [0.1, 0.15) is 5.82 Å². The fourth-order valence-electron chi connectivity index (χ4n) is 2.08. The van der Waals surface area contributed by atoms with Crippen LogP contribution in [0.15, 0.2) is 42.7 Å². The number of rotatable bonds is 4. The van der Waals surface area contributed by atoms with E-state index in [0.717, 1.165) is 11.4 Å². The lowest BCUT2D eigenvalue weighted by molar-refractivity contribution is 0.0973. The highest BCUT2D eigenvalue weighted by Crippen LogP contribution is 2.28. The van der Waals surface area contributed by atoms with Crippen molar-refractivity contribution in [3.8, 4) is 0 Å². The number of aryl methyl sites for hydroxylation is 1. The van der Waals surface area contributed by atoms with Crippen LogP contribution in [0, 0.1) is 0 Å². The summed E-state index contributed by atoms with van der Waals surface area (Å²) in [7, 11) is 1.95. The number of hydrogen-bond donors (Lipinski definition) is 1. The third kappa shape index (κ3) is 2.46. The Bertz CT molecular complexity index is 502. The lowest BCUT2D eigenvalue weighted by Crippen LogP contribution is -2.35. The van der Waals surface area contributed by atoms with Gasteiger partial charge in [0.25, 0.3) is 0 Å². The van der Waals surface area contributed by atoms with Crippen LogP contribution in [-0.2, 0) is 18.9 Å². The van der Waals surface area contributed by atoms with Gasteiger partial charge in [-0.05, 0) is 5.56 Å². The molecule has 0 amide bonds. The lowest BCUT2D eigenvalue weighted by Gasteiger charge is -2.31. The van der Waals surface area contributed by atoms with Gasteiger partial charge in [-0.2, -0.15) is 0 Å². The van der Waals surface area contributed by atoms with Crippen LogP contribution in [-0.4, -0.2) is 20.8 Å². The number of nitrogens with zero attached hydrogens (tertiary/aromatic N) is 2. The van der Waals surface area contributed by atoms with Crippen molar-refractivity contribution in [1.29, 1.82) is 0 Å². The molecule has 1 unspecified atom stereocenters. The van der Waals surface area contributed by atoms with Crippen LogP contribution >= 0.6 is 0 Å². The molecular formula is C15H20N2O. The fourth-order valence-corrected chi connectivity index (χ4v) is 2.08. The van der Waals surface area contributed by atoms with Gasteiger partial charge in [-0.3, -0.25) is 0 Å². The Hall–Kier alpha value is -1.61. The van der Waals surface area contributed by atoms with Gasteiger partial charge in [-0.1, -0.05) is 44.2 Å². The highest BCUT2D eigenvalue weighted by Gasteiger charge is 2.30. The first kappa shape index (κ1) is 12.8. The maximum Gasteiger partial charge on any atom is 0.110 e. The summed E-state index contributed by atoms with van der Waals surface area (Å²) in [6, 6.07) is 10.1. The summed E-state index contributed by atoms with van der Waals surface area (Å²) in [5, 5.41) is 10.5. The van der Waals surface area contributed by atoms with Gasteiger partial charge in [0.15, 0.2) is 0 Å². The molecule has 3 heteroatoms. The predicted octanol–water partition coefficient (Wildman–Crippen LogP) is 2.30. The molecule has 0 bridgehead atoms. The molecule has 1 aromatic carbocycles. The molecule has 0 aliphatic heterocycles. The van der Waals surface area contributed by atoms with Crippen LogP contribution in [0.2, 0.25) is 0 Å². The van der Waals surface area contributed by atoms with Crippen molar-refractivity contribution in [3.05, 3.63) is 54.1 Å². The molecule has 0 spiro atoms. The highest BCUT2D eigenvalue weighted by molar-refractivity contribution is 5.25. The standard InChI is InChI=1S/C15H20N2O/c1-15(2,12-7-5-4-6-8-12)13(18)11-14-16-9-10-17(14)3/h4-10,13,18H,11H2,1-3H3. The average Bonchev–Trinajstić information content (AvgIpc) is 2.76. The molecule has 1 N–H and O–H groups in total. The Balaban J connectivity index is 2.18. The van der Waals surface area contributed by atoms with E-state index in [4.69, 9.17) is 0 Å². The van der Waals surface area contributed by atoms with E-state index in [1.54, 1.807) is 6.20 Å². The van der Waals surface area contributed by atoms with Crippen LogP contribution in [0.3, 0.4) is 0 Å². The molecule has 0 radical (unpaired) electrons. The third-order valence-electron chi connectivity index (χ3n) is 3.65. The SMILES string of the molecule is Cn1ccnc1CC(O)C(C)(C)c1ccccc1. The van der Waals surface area contributed by atoms with Crippen molar-refractivity contribution in [2.24, 2.45) is 7.05 Å². The largest absolute Gasteiger partial charge is 0.392 e. The molecule has 0 fully saturated rings. The summed E-state index contributed by atoms with van der Waals surface area (Å²) in [5.74, 6) is 0.909. The zero-order valence-electron chi connectivity index (χ0n) is 11.2. The van der Waals surface area contributed by atoms with Crippen molar-refractivity contribution in [1.82, 2.24) is 9.55 Å². The van der Waals surface area contributed by atoms with Crippen molar-refractivity contribution in [2.75, 3.05) is 0 Å². The summed E-state index contributed by atoms with van der Waals surface area (Å²) in [4.78, 5) is 4.27. The van der Waals surface area contributed by atoms with Gasteiger partial charge in [-0.25, -0.2) is 4.98 Å². The summed E-state index contributed by atoms with van der Waals surface area (Å²) in [6.07, 6.45) is 3.77. The van der Waals surface area contributed by atoms with E-state index in [9.17, 15) is 5.11 Å². The minimum Gasteiger partial charge on any atom is -0.392 e. The number of imidazole rings is 1. The van der Waals surface area contributed by atoms with E-state index in [0.29, 0.717) is 6.42 Å². The van der Waals surface area contributed by atoms with Crippen LogP contribution in [0.5, 0.6) is 0 Å². The topological polar surface area (TPSA) is 38.0 Å². The Labute approximate surface area is 108 Å². The first-order valence-electron chi connectivity index (χ1n) is 6.21. The average molecular weight is 244 g/mol. The predicted molar refractivity (Wildman–Crippen MR) is 72.4 cm³/mol. The lowest BCUT2D eigenvalue weighted by atomic mass is 9.78. The Morgan fingerprint density at radius 1 is 1.28 bits per heavy atom. The molecule has 18 heavy (non-hydrogen) atoms. The van der Waals surface area contributed by atoms with Crippen molar-refractivity contribution < 1.29 is 5.11 Å². The first-order chi connectivity index (χ1) is 8.51. The fraction of sp³-hybridized carbons (Fsp3) is 0.400. The van der Waals surface area contributed by atoms with Gasteiger partial charge >= 0.3 is 0 Å². The van der Waals surface area contributed by atoms with Crippen LogP contribution in [0.1, 0.15) is 25.2 Å². The molecule has 2 rings (SSSR count). The molecule has 0 saturated heterocycles. The molecule has 0 saturated carbocycles. The third-order valence-corrected chi connectivity index (χ3v) is 3.65. The molecule has 1 aromatic heterocycles. The second-order valence-corrected chi connectivity index (χ2v) is 5.26. The summed E-state index contributed by atoms with van der Waals surface area (Å²) >= 11 is 0. The highest BCUT2D eigenvalue weighted by atomic mass is 16.3. The number of aliphatic hydroxyl groups is 1. The molecule has 96 valence electrons. The van der Waals surface area contributed by atoms with Gasteiger partial charge in [0.2, 0.25) is 0 Å². The second-order valence-electron chi connectivity index (χ2n) is 5.26. The van der Waals surface area contributed by atoms with Crippen molar-refractivity contribution in [2.45, 2.75) is 31.8 Å². The van der Waals surface area contributed by atoms with Crippen molar-refractivity contribution in [3.63, 3.8) is 0 Å². The minimum atomic E-state index is -0.457. The van der Waals surface area contributed by atoms with Gasteiger partial charge in [0.05, 0.1) is 6.10 Å². The van der Waals surface area contributed by atoms with E-state index in [-0.39, 0.29) is 5.41 Å². The van der Waals surface area contributed by atoms with E-state index in [1.165, 1.54) is 0 Å². The number of aromatic nitrogens is 2. The molecule has 0 aliphatic carbocycles. The molecule has 1 heterocycles. The van der Waals surface area contributed by atoms with Crippen LogP contribution < -0.4 is 0 Å². The smallest absolute Gasteiger partial charge is 0.110 e. The molecule has 0 aliphatic rings. The molecule has 2 aromatic rings. The van der Waals surface area contributed by atoms with Gasteiger partial charge < -0.3 is 9.67 Å². The zero-order chi connectivity index (χ0) is 13.2. The number of benzene rings is 1. The van der Waals surface area contributed by atoms with Gasteiger partial charge in [-0.15, -0.1) is 0 Å². The van der Waals surface area contributed by atoms with Crippen LogP contribution in [0.25, 0.3) is 0 Å². The zero-order valence-corrected chi connectivity index (χ0v) is 11.2. The second kappa shape index (κ2) is 4.94. The molecular weight excluding hydrogens is 224 g/mol. The number of aliphatic hydroxyl groups excluding tert-OH is 1.